The van der Waals surface area contributed by atoms with E-state index in [4.69, 9.17) is 57.9 Å². The normalized spacial score (nSPS) is 15.2. The number of allylic oxidation sites excluding steroid dienone is 4. The summed E-state index contributed by atoms with van der Waals surface area (Å²) >= 11 is 21.5. The summed E-state index contributed by atoms with van der Waals surface area (Å²) in [6, 6.07) is 7.09. The molecule has 0 amide bonds. The molecule has 0 saturated heterocycles. The van der Waals surface area contributed by atoms with Crippen LogP contribution in [0.3, 0.4) is 0 Å². The Labute approximate surface area is 134 Å². The lowest BCUT2D eigenvalue weighted by Gasteiger charge is -2.08. The maximum Gasteiger partial charge on any atom is 0.219 e. The predicted molar refractivity (Wildman–Crippen MR) is 82.7 cm³/mol. The van der Waals surface area contributed by atoms with Crippen molar-refractivity contribution in [2.75, 3.05) is 11.5 Å². The minimum atomic E-state index is -0.729. The number of Topliss-reactive ketones (excluding diaryl/α,β-unsaturated/α-hetero) is 2. The van der Waals surface area contributed by atoms with Gasteiger partial charge in [-0.2, -0.15) is 0 Å². The molecule has 1 aliphatic rings. The third-order valence-corrected chi connectivity index (χ3v) is 3.76. The zero-order chi connectivity index (χ0) is 15.4. The van der Waals surface area contributed by atoms with Crippen molar-refractivity contribution in [3.63, 3.8) is 0 Å². The molecule has 0 aliphatic heterocycles. The fourth-order valence-corrected chi connectivity index (χ4v) is 1.91. The number of halogens is 4. The Morgan fingerprint density at radius 2 is 0.800 bits per heavy atom. The molecule has 0 spiro atoms. The molecule has 0 bridgehead atoms. The van der Waals surface area contributed by atoms with Gasteiger partial charge in [0.25, 0.3) is 0 Å². The highest BCUT2D eigenvalue weighted by molar-refractivity contribution is 6.69. The second-order valence-electron chi connectivity index (χ2n) is 3.58. The average molecular weight is 354 g/mol. The lowest BCUT2D eigenvalue weighted by atomic mass is 10.1. The van der Waals surface area contributed by atoms with Gasteiger partial charge < -0.3 is 11.5 Å². The molecule has 0 heterocycles. The van der Waals surface area contributed by atoms with Crippen molar-refractivity contribution in [3.8, 4) is 0 Å². The van der Waals surface area contributed by atoms with Crippen molar-refractivity contribution in [1.29, 1.82) is 0 Å². The van der Waals surface area contributed by atoms with Gasteiger partial charge in [0.15, 0.2) is 0 Å². The van der Waals surface area contributed by atoms with Gasteiger partial charge in [0.1, 0.15) is 20.1 Å². The van der Waals surface area contributed by atoms with Crippen molar-refractivity contribution < 1.29 is 9.59 Å². The predicted octanol–water partition coefficient (Wildman–Crippen LogP) is 3.37. The summed E-state index contributed by atoms with van der Waals surface area (Å²) in [5.74, 6) is -1.46. The second kappa shape index (κ2) is 6.99. The molecule has 4 nitrogen and oxygen atoms in total. The molecule has 20 heavy (non-hydrogen) atoms. The molecule has 2 rings (SSSR count). The van der Waals surface area contributed by atoms with Crippen molar-refractivity contribution in [2.45, 2.75) is 0 Å². The Hall–Kier alpha value is -1.20. The van der Waals surface area contributed by atoms with E-state index in [9.17, 15) is 9.59 Å². The van der Waals surface area contributed by atoms with Gasteiger partial charge in [-0.05, 0) is 24.3 Å². The summed E-state index contributed by atoms with van der Waals surface area (Å²) in [5, 5.41) is -1.57. The number of benzene rings is 1. The molecule has 0 atom stereocenters. The summed E-state index contributed by atoms with van der Waals surface area (Å²) in [6.45, 7) is 0. The van der Waals surface area contributed by atoms with Gasteiger partial charge in [-0.1, -0.05) is 46.4 Å². The number of nitrogen functional groups attached to an aromatic ring is 2. The van der Waals surface area contributed by atoms with Gasteiger partial charge in [-0.15, -0.1) is 0 Å². The van der Waals surface area contributed by atoms with E-state index in [1.165, 1.54) is 0 Å². The lowest BCUT2D eigenvalue weighted by molar-refractivity contribution is -0.114. The van der Waals surface area contributed by atoms with Crippen LogP contribution in [0.15, 0.2) is 44.4 Å². The Kier molecular flexibility index (Phi) is 5.89. The molecule has 1 aromatic rings. The van der Waals surface area contributed by atoms with Gasteiger partial charge in [-0.25, -0.2) is 0 Å². The summed E-state index contributed by atoms with van der Waals surface area (Å²) in [6.07, 6.45) is 0. The monoisotopic (exact) mass is 352 g/mol. The zero-order valence-corrected chi connectivity index (χ0v) is 12.8. The summed E-state index contributed by atoms with van der Waals surface area (Å²) in [4.78, 5) is 22.0. The Morgan fingerprint density at radius 3 is 1.00 bits per heavy atom. The number of hydrogen-bond donors (Lipinski definition) is 2. The zero-order valence-electron chi connectivity index (χ0n) is 9.79. The topological polar surface area (TPSA) is 86.2 Å². The molecular formula is C12H8Cl4N2O2. The van der Waals surface area contributed by atoms with E-state index in [2.05, 4.69) is 0 Å². The molecule has 0 radical (unpaired) electrons. The van der Waals surface area contributed by atoms with Crippen LogP contribution in [0.2, 0.25) is 0 Å². The van der Waals surface area contributed by atoms with E-state index in [0.717, 1.165) is 11.4 Å². The first kappa shape index (κ1) is 16.9. The molecule has 0 saturated carbocycles. The second-order valence-corrected chi connectivity index (χ2v) is 5.09. The van der Waals surface area contributed by atoms with Gasteiger partial charge in [0.05, 0.1) is 0 Å². The van der Waals surface area contributed by atoms with Crippen LogP contribution in [0.5, 0.6) is 0 Å². The largest absolute Gasteiger partial charge is 0.399 e. The van der Waals surface area contributed by atoms with Crippen LogP contribution in [0.4, 0.5) is 11.4 Å². The number of ketones is 2. The first-order valence-corrected chi connectivity index (χ1v) is 6.57. The van der Waals surface area contributed by atoms with Crippen molar-refractivity contribution in [3.05, 3.63) is 44.4 Å². The molecule has 0 aromatic heterocycles. The smallest absolute Gasteiger partial charge is 0.219 e. The molecule has 1 aromatic carbocycles. The van der Waals surface area contributed by atoms with Crippen LogP contribution in [-0.4, -0.2) is 11.6 Å². The maximum absolute atomic E-state index is 11.0. The number of carbonyl (C=O) groups is 2. The van der Waals surface area contributed by atoms with E-state index < -0.39 is 31.7 Å². The van der Waals surface area contributed by atoms with Crippen LogP contribution < -0.4 is 11.5 Å². The third-order valence-electron chi connectivity index (χ3n) is 2.12. The number of anilines is 2. The SMILES string of the molecule is Nc1ccc(N)cc1.O=C1C(Cl)=C(Cl)C(=O)C(Cl)=C1Cl. The van der Waals surface area contributed by atoms with E-state index in [-0.39, 0.29) is 0 Å². The highest BCUT2D eigenvalue weighted by Gasteiger charge is 2.31. The fourth-order valence-electron chi connectivity index (χ4n) is 1.09. The van der Waals surface area contributed by atoms with Gasteiger partial charge in [-0.3, -0.25) is 9.59 Å². The van der Waals surface area contributed by atoms with Crippen LogP contribution in [0, 0.1) is 0 Å². The van der Waals surface area contributed by atoms with E-state index in [0.29, 0.717) is 0 Å². The maximum atomic E-state index is 11.0. The van der Waals surface area contributed by atoms with Crippen molar-refractivity contribution in [2.24, 2.45) is 0 Å². The molecule has 0 fully saturated rings. The highest BCUT2D eigenvalue weighted by Crippen LogP contribution is 2.32. The molecule has 0 unspecified atom stereocenters. The van der Waals surface area contributed by atoms with Crippen LogP contribution in [0.25, 0.3) is 0 Å². The first-order valence-electron chi connectivity index (χ1n) is 5.06. The lowest BCUT2D eigenvalue weighted by Crippen LogP contribution is -2.14. The molecule has 8 heteroatoms. The van der Waals surface area contributed by atoms with Crippen molar-refractivity contribution in [1.82, 2.24) is 0 Å². The number of nitrogens with two attached hydrogens (primary N) is 2. The molecule has 1 aliphatic carbocycles. The minimum absolute atomic E-state index is 0.393. The summed E-state index contributed by atoms with van der Waals surface area (Å²) in [5.41, 5.74) is 12.2. The van der Waals surface area contributed by atoms with E-state index in [1.54, 1.807) is 24.3 Å². The van der Waals surface area contributed by atoms with E-state index in [1.807, 2.05) is 0 Å². The number of rotatable bonds is 0. The molecular weight excluding hydrogens is 346 g/mol. The van der Waals surface area contributed by atoms with Gasteiger partial charge in [0, 0.05) is 11.4 Å². The number of carbonyl (C=O) groups excluding carboxylic acids is 2. The summed E-state index contributed by atoms with van der Waals surface area (Å²) < 4.78 is 0. The standard InChI is InChI=1S/C6Cl4O2.C6H8N2/c7-1-2(8)6(12)4(10)3(9)5(1)11;7-5-1-2-6(8)4-3-5/h;1-4H,7-8H2. The summed E-state index contributed by atoms with van der Waals surface area (Å²) in [7, 11) is 0. The van der Waals surface area contributed by atoms with Crippen molar-refractivity contribution >= 4 is 69.3 Å². The van der Waals surface area contributed by atoms with Crippen LogP contribution in [-0.2, 0) is 9.59 Å². The Bertz CT molecular complexity index is 538. The minimum Gasteiger partial charge on any atom is -0.399 e. The Morgan fingerprint density at radius 1 is 0.600 bits per heavy atom. The fraction of sp³-hybridized carbons (Fsp3) is 0. The molecule has 4 N–H and O–H groups in total. The van der Waals surface area contributed by atoms with E-state index >= 15 is 0 Å². The molecule has 106 valence electrons. The first-order chi connectivity index (χ1) is 9.25. The number of hydrogen-bond acceptors (Lipinski definition) is 4. The highest BCUT2D eigenvalue weighted by atomic mass is 35.5. The average Bonchev–Trinajstić information content (AvgIpc) is 2.45. The van der Waals surface area contributed by atoms with Gasteiger partial charge in [0.2, 0.25) is 11.6 Å². The third kappa shape index (κ3) is 3.90. The quantitative estimate of drug-likeness (QED) is 0.553. The van der Waals surface area contributed by atoms with Gasteiger partial charge >= 0.3 is 0 Å². The van der Waals surface area contributed by atoms with Crippen LogP contribution in [0.1, 0.15) is 0 Å². The van der Waals surface area contributed by atoms with Crippen LogP contribution >= 0.6 is 46.4 Å². The Balaban J connectivity index is 0.000000217.